The summed E-state index contributed by atoms with van der Waals surface area (Å²) in [5, 5.41) is 30.4. The van der Waals surface area contributed by atoms with E-state index in [4.69, 9.17) is 10.2 Å². The van der Waals surface area contributed by atoms with E-state index in [1.54, 1.807) is 14.7 Å². The number of carbonyl (C=O) groups excluding carboxylic acids is 1. The van der Waals surface area contributed by atoms with E-state index in [1.165, 1.54) is 6.92 Å². The predicted octanol–water partition coefficient (Wildman–Crippen LogP) is -0.877. The Kier molecular flexibility index (Phi) is 14.6. The van der Waals surface area contributed by atoms with Crippen LogP contribution in [-0.2, 0) is 19.2 Å². The van der Waals surface area contributed by atoms with Crippen molar-refractivity contribution in [2.24, 2.45) is 0 Å². The van der Waals surface area contributed by atoms with Gasteiger partial charge in [0.15, 0.2) is 0 Å². The average molecular weight is 433 g/mol. The second-order valence-electron chi connectivity index (χ2n) is 7.45. The van der Waals surface area contributed by atoms with Crippen molar-refractivity contribution in [3.05, 3.63) is 0 Å². The maximum Gasteiger partial charge on any atom is 0.317 e. The number of hydrogen-bond donors (Lipinski definition) is 4. The highest BCUT2D eigenvalue weighted by Crippen LogP contribution is 1.99. The van der Waals surface area contributed by atoms with Crippen LogP contribution >= 0.6 is 0 Å². The van der Waals surface area contributed by atoms with Crippen molar-refractivity contribution in [2.75, 3.05) is 65.4 Å². The topological polar surface area (TPSA) is 151 Å². The first-order valence-electron chi connectivity index (χ1n) is 10.1. The van der Waals surface area contributed by atoms with Crippen molar-refractivity contribution in [2.45, 2.75) is 33.2 Å². The molecule has 0 radical (unpaired) electrons. The molecule has 0 aromatic carbocycles. The Morgan fingerprint density at radius 1 is 0.767 bits per heavy atom. The molecule has 0 aromatic rings. The third kappa shape index (κ3) is 15.8. The van der Waals surface area contributed by atoms with Crippen molar-refractivity contribution in [1.29, 1.82) is 0 Å². The molecule has 0 heterocycles. The van der Waals surface area contributed by atoms with E-state index in [2.05, 4.69) is 5.32 Å². The fourth-order valence-electron chi connectivity index (χ4n) is 3.00. The number of rotatable bonds is 19. The van der Waals surface area contributed by atoms with E-state index >= 15 is 0 Å². The number of nitrogens with zero attached hydrogens (tertiary/aromatic N) is 3. The first-order chi connectivity index (χ1) is 14.0. The SMILES string of the molecule is CCCN(CCN(CCN(CC(=O)O)CC(C)NCC(C)=O)CC(=O)O)CC(=O)O. The maximum absolute atomic E-state index is 11.2. The van der Waals surface area contributed by atoms with Crippen LogP contribution in [0.3, 0.4) is 0 Å². The Morgan fingerprint density at radius 2 is 1.17 bits per heavy atom. The van der Waals surface area contributed by atoms with Crippen LogP contribution in [0.4, 0.5) is 0 Å². The molecule has 4 N–H and O–H groups in total. The second-order valence-corrected chi connectivity index (χ2v) is 7.45. The van der Waals surface area contributed by atoms with Gasteiger partial charge in [-0.2, -0.15) is 0 Å². The van der Waals surface area contributed by atoms with E-state index in [-0.39, 0.29) is 38.0 Å². The molecule has 0 amide bonds. The van der Waals surface area contributed by atoms with Crippen LogP contribution in [0.1, 0.15) is 27.2 Å². The molecule has 0 bridgehead atoms. The minimum absolute atomic E-state index is 0.0164. The molecule has 1 unspecified atom stereocenters. The molecular weight excluding hydrogens is 396 g/mol. The van der Waals surface area contributed by atoms with Crippen LogP contribution in [0.25, 0.3) is 0 Å². The van der Waals surface area contributed by atoms with Gasteiger partial charge in [-0.1, -0.05) is 6.92 Å². The largest absolute Gasteiger partial charge is 0.480 e. The van der Waals surface area contributed by atoms with Gasteiger partial charge in [-0.05, 0) is 26.8 Å². The van der Waals surface area contributed by atoms with Crippen molar-refractivity contribution in [3.63, 3.8) is 0 Å². The van der Waals surface area contributed by atoms with E-state index in [0.717, 1.165) is 6.42 Å². The minimum Gasteiger partial charge on any atom is -0.480 e. The summed E-state index contributed by atoms with van der Waals surface area (Å²) in [5.74, 6) is -2.95. The summed E-state index contributed by atoms with van der Waals surface area (Å²) in [6.07, 6.45) is 0.781. The van der Waals surface area contributed by atoms with Crippen LogP contribution < -0.4 is 5.32 Å². The van der Waals surface area contributed by atoms with Crippen LogP contribution in [0.15, 0.2) is 0 Å². The highest BCUT2D eigenvalue weighted by Gasteiger charge is 2.18. The lowest BCUT2D eigenvalue weighted by atomic mass is 10.2. The Morgan fingerprint density at radius 3 is 1.57 bits per heavy atom. The standard InChI is InChI=1S/C19H36N4O7/c1-4-5-21(12-17(25)26)6-7-22(13-18(27)28)8-9-23(14-19(29)30)11-15(2)20-10-16(3)24/h15,20H,4-14H2,1-3H3,(H,25,26)(H,27,28)(H,29,30). The van der Waals surface area contributed by atoms with Gasteiger partial charge in [0, 0.05) is 38.8 Å². The van der Waals surface area contributed by atoms with Crippen molar-refractivity contribution in [3.8, 4) is 0 Å². The van der Waals surface area contributed by atoms with Gasteiger partial charge in [0.25, 0.3) is 0 Å². The quantitative estimate of drug-likeness (QED) is 0.201. The third-order valence-corrected chi connectivity index (χ3v) is 4.31. The maximum atomic E-state index is 11.2. The molecule has 11 nitrogen and oxygen atoms in total. The summed E-state index contributed by atoms with van der Waals surface area (Å²) in [7, 11) is 0. The zero-order chi connectivity index (χ0) is 23.1. The monoisotopic (exact) mass is 432 g/mol. The number of Topliss-reactive ketones (excluding diaryl/α,β-unsaturated/α-hetero) is 1. The normalized spacial score (nSPS) is 12.5. The first-order valence-corrected chi connectivity index (χ1v) is 10.1. The average Bonchev–Trinajstić information content (AvgIpc) is 2.60. The predicted molar refractivity (Wildman–Crippen MR) is 111 cm³/mol. The van der Waals surface area contributed by atoms with E-state index in [9.17, 15) is 24.3 Å². The number of carboxylic acids is 3. The lowest BCUT2D eigenvalue weighted by Crippen LogP contribution is -2.47. The molecule has 11 heteroatoms. The number of ketones is 1. The highest BCUT2D eigenvalue weighted by molar-refractivity contribution is 5.77. The molecule has 0 aliphatic heterocycles. The van der Waals surface area contributed by atoms with E-state index < -0.39 is 17.9 Å². The molecule has 30 heavy (non-hydrogen) atoms. The summed E-state index contributed by atoms with van der Waals surface area (Å²) in [5.41, 5.74) is 0. The van der Waals surface area contributed by atoms with Gasteiger partial charge < -0.3 is 20.6 Å². The number of carbonyl (C=O) groups is 4. The number of hydrogen-bond acceptors (Lipinski definition) is 8. The third-order valence-electron chi connectivity index (χ3n) is 4.31. The van der Waals surface area contributed by atoms with Crippen LogP contribution in [0, 0.1) is 0 Å². The Bertz CT molecular complexity index is 559. The lowest BCUT2D eigenvalue weighted by Gasteiger charge is -2.29. The molecule has 0 aliphatic rings. The molecule has 0 aromatic heterocycles. The summed E-state index contributed by atoms with van der Waals surface area (Å²) < 4.78 is 0. The summed E-state index contributed by atoms with van der Waals surface area (Å²) in [6, 6.07) is -0.114. The van der Waals surface area contributed by atoms with Crippen LogP contribution in [0.2, 0.25) is 0 Å². The second kappa shape index (κ2) is 15.7. The molecule has 0 aliphatic carbocycles. The van der Waals surface area contributed by atoms with Gasteiger partial charge in [-0.25, -0.2) is 0 Å². The lowest BCUT2D eigenvalue weighted by molar-refractivity contribution is -0.140. The minimum atomic E-state index is -1.00. The van der Waals surface area contributed by atoms with Gasteiger partial charge in [-0.15, -0.1) is 0 Å². The molecule has 0 fully saturated rings. The molecular formula is C19H36N4O7. The molecule has 0 saturated carbocycles. The van der Waals surface area contributed by atoms with Gasteiger partial charge in [0.1, 0.15) is 5.78 Å². The fraction of sp³-hybridized carbons (Fsp3) is 0.789. The molecule has 0 rings (SSSR count). The fourth-order valence-corrected chi connectivity index (χ4v) is 3.00. The zero-order valence-electron chi connectivity index (χ0n) is 18.2. The van der Waals surface area contributed by atoms with E-state index in [0.29, 0.717) is 39.3 Å². The molecule has 0 saturated heterocycles. The van der Waals surface area contributed by atoms with Gasteiger partial charge in [0.2, 0.25) is 0 Å². The smallest absolute Gasteiger partial charge is 0.317 e. The highest BCUT2D eigenvalue weighted by atomic mass is 16.4. The van der Waals surface area contributed by atoms with Crippen LogP contribution in [-0.4, -0.2) is 125 Å². The summed E-state index contributed by atoms with van der Waals surface area (Å²) in [6.45, 7) is 7.33. The molecule has 0 spiro atoms. The van der Waals surface area contributed by atoms with E-state index in [1.807, 2.05) is 13.8 Å². The van der Waals surface area contributed by atoms with Gasteiger partial charge in [-0.3, -0.25) is 33.9 Å². The summed E-state index contributed by atoms with van der Waals surface area (Å²) in [4.78, 5) is 49.6. The summed E-state index contributed by atoms with van der Waals surface area (Å²) >= 11 is 0. The Balaban J connectivity index is 4.86. The van der Waals surface area contributed by atoms with Crippen molar-refractivity contribution < 1.29 is 34.5 Å². The molecule has 1 atom stereocenters. The molecule has 174 valence electrons. The number of aliphatic carboxylic acids is 3. The Labute approximate surface area is 177 Å². The van der Waals surface area contributed by atoms with Crippen LogP contribution in [0.5, 0.6) is 0 Å². The Hall–Kier alpha value is -2.08. The van der Waals surface area contributed by atoms with Crippen molar-refractivity contribution >= 4 is 23.7 Å². The van der Waals surface area contributed by atoms with Crippen molar-refractivity contribution in [1.82, 2.24) is 20.0 Å². The van der Waals surface area contributed by atoms with Gasteiger partial charge >= 0.3 is 17.9 Å². The zero-order valence-corrected chi connectivity index (χ0v) is 18.2. The number of carboxylic acid groups (broad SMARTS) is 3. The number of nitrogens with one attached hydrogen (secondary N) is 1. The first kappa shape index (κ1) is 27.9. The van der Waals surface area contributed by atoms with Gasteiger partial charge in [0.05, 0.1) is 26.2 Å².